The summed E-state index contributed by atoms with van der Waals surface area (Å²) in [5.74, 6) is -0.0618. The molecule has 0 N–H and O–H groups in total. The molecule has 0 spiro atoms. The van der Waals surface area contributed by atoms with Gasteiger partial charge in [0.1, 0.15) is 0 Å². The molecule has 0 saturated carbocycles. The summed E-state index contributed by atoms with van der Waals surface area (Å²) in [6, 6.07) is 13.0. The monoisotopic (exact) mass is 473 g/mol. The predicted molar refractivity (Wildman–Crippen MR) is 116 cm³/mol. The highest BCUT2D eigenvalue weighted by Crippen LogP contribution is 2.31. The molecule has 8 heteroatoms. The van der Waals surface area contributed by atoms with Crippen LogP contribution in [0.25, 0.3) is 10.2 Å². The van der Waals surface area contributed by atoms with E-state index < -0.39 is 0 Å². The summed E-state index contributed by atoms with van der Waals surface area (Å²) in [6.07, 6.45) is 0. The SMILES string of the molecule is CN(C)CCN(C(=O)c1cccc(Br)c1)c1nc2ccc(Cl)cc2s1.Cl. The number of carbonyl (C=O) groups excluding carboxylic acids is 1. The molecular formula is C18H18BrCl2N3OS. The van der Waals surface area contributed by atoms with Gasteiger partial charge >= 0.3 is 0 Å². The third-order valence-corrected chi connectivity index (χ3v) is 5.43. The first-order chi connectivity index (χ1) is 11.9. The number of amides is 1. The summed E-state index contributed by atoms with van der Waals surface area (Å²) >= 11 is 11.0. The summed E-state index contributed by atoms with van der Waals surface area (Å²) < 4.78 is 1.85. The molecule has 1 heterocycles. The number of nitrogens with zero attached hydrogens (tertiary/aromatic N) is 3. The van der Waals surface area contributed by atoms with Crippen LogP contribution in [0.15, 0.2) is 46.9 Å². The molecule has 0 saturated heterocycles. The summed E-state index contributed by atoms with van der Waals surface area (Å²) in [7, 11) is 3.97. The molecule has 3 rings (SSSR count). The molecule has 0 aliphatic heterocycles. The first-order valence-electron chi connectivity index (χ1n) is 7.72. The predicted octanol–water partition coefficient (Wildman–Crippen LogP) is 5.34. The first kappa shape index (κ1) is 21.1. The maximum Gasteiger partial charge on any atom is 0.260 e. The Balaban J connectivity index is 0.00000243. The van der Waals surface area contributed by atoms with E-state index in [9.17, 15) is 4.79 Å². The molecule has 1 amide bonds. The van der Waals surface area contributed by atoms with Gasteiger partial charge < -0.3 is 4.90 Å². The van der Waals surface area contributed by atoms with Crippen LogP contribution >= 0.6 is 51.3 Å². The fraction of sp³-hybridized carbons (Fsp3) is 0.222. The summed E-state index contributed by atoms with van der Waals surface area (Å²) in [4.78, 5) is 21.5. The Labute approximate surface area is 176 Å². The van der Waals surface area contributed by atoms with Crippen molar-refractivity contribution in [3.05, 3.63) is 57.5 Å². The van der Waals surface area contributed by atoms with Crippen molar-refractivity contribution in [2.75, 3.05) is 32.1 Å². The third-order valence-electron chi connectivity index (χ3n) is 3.66. The molecule has 1 aromatic heterocycles. The van der Waals surface area contributed by atoms with Crippen molar-refractivity contribution < 1.29 is 4.79 Å². The lowest BCUT2D eigenvalue weighted by atomic mass is 10.2. The molecule has 0 radical (unpaired) electrons. The Morgan fingerprint density at radius 2 is 1.96 bits per heavy atom. The summed E-state index contributed by atoms with van der Waals surface area (Å²) in [6.45, 7) is 1.31. The van der Waals surface area contributed by atoms with Gasteiger partial charge in [-0.25, -0.2) is 4.98 Å². The Bertz CT molecular complexity index is 916. The molecular weight excluding hydrogens is 457 g/mol. The van der Waals surface area contributed by atoms with E-state index in [1.54, 1.807) is 4.90 Å². The van der Waals surface area contributed by atoms with Crippen LogP contribution in [-0.4, -0.2) is 43.0 Å². The molecule has 0 unspecified atom stereocenters. The van der Waals surface area contributed by atoms with Gasteiger partial charge in [-0.15, -0.1) is 12.4 Å². The van der Waals surface area contributed by atoms with Crippen LogP contribution in [0, 0.1) is 0 Å². The van der Waals surface area contributed by atoms with Crippen LogP contribution in [0.4, 0.5) is 5.13 Å². The second kappa shape index (κ2) is 9.15. The van der Waals surface area contributed by atoms with Crippen LogP contribution in [-0.2, 0) is 0 Å². The molecule has 0 aliphatic carbocycles. The van der Waals surface area contributed by atoms with Gasteiger partial charge in [0.25, 0.3) is 5.91 Å². The van der Waals surface area contributed by atoms with Crippen molar-refractivity contribution >= 4 is 72.5 Å². The zero-order valence-electron chi connectivity index (χ0n) is 14.3. The molecule has 0 aliphatic rings. The third kappa shape index (κ3) is 4.96. The summed E-state index contributed by atoms with van der Waals surface area (Å²) in [5, 5.41) is 1.35. The summed E-state index contributed by atoms with van der Waals surface area (Å²) in [5.41, 5.74) is 1.48. The lowest BCUT2D eigenvalue weighted by molar-refractivity contribution is 0.0985. The average molecular weight is 475 g/mol. The van der Waals surface area contributed by atoms with Gasteiger partial charge in [0.05, 0.1) is 10.2 Å². The van der Waals surface area contributed by atoms with Crippen LogP contribution < -0.4 is 4.90 Å². The molecule has 3 aromatic rings. The van der Waals surface area contributed by atoms with Gasteiger partial charge in [-0.1, -0.05) is 44.9 Å². The zero-order chi connectivity index (χ0) is 18.0. The van der Waals surface area contributed by atoms with Crippen molar-refractivity contribution in [1.29, 1.82) is 0 Å². The number of halogens is 3. The quantitative estimate of drug-likeness (QED) is 0.500. The molecule has 0 fully saturated rings. The van der Waals surface area contributed by atoms with E-state index in [0.717, 1.165) is 21.2 Å². The molecule has 0 atom stereocenters. The molecule has 4 nitrogen and oxygen atoms in total. The van der Waals surface area contributed by atoms with E-state index in [2.05, 4.69) is 20.9 Å². The van der Waals surface area contributed by atoms with E-state index in [1.807, 2.05) is 61.5 Å². The number of hydrogen-bond donors (Lipinski definition) is 0. The second-order valence-electron chi connectivity index (χ2n) is 5.88. The molecule has 2 aromatic carbocycles. The minimum absolute atomic E-state index is 0. The lowest BCUT2D eigenvalue weighted by Gasteiger charge is -2.22. The van der Waals surface area contributed by atoms with Gasteiger partial charge in [0, 0.05) is 28.1 Å². The van der Waals surface area contributed by atoms with E-state index in [1.165, 1.54) is 11.3 Å². The fourth-order valence-corrected chi connectivity index (χ4v) is 4.03. The molecule has 138 valence electrons. The van der Waals surface area contributed by atoms with Crippen LogP contribution in [0.2, 0.25) is 5.02 Å². The van der Waals surface area contributed by atoms with Crippen molar-refractivity contribution in [2.24, 2.45) is 0 Å². The Morgan fingerprint density at radius 1 is 1.19 bits per heavy atom. The van der Waals surface area contributed by atoms with Crippen LogP contribution in [0.3, 0.4) is 0 Å². The van der Waals surface area contributed by atoms with Crippen molar-refractivity contribution in [3.63, 3.8) is 0 Å². The molecule has 26 heavy (non-hydrogen) atoms. The van der Waals surface area contributed by atoms with Gasteiger partial charge in [0.2, 0.25) is 0 Å². The van der Waals surface area contributed by atoms with E-state index in [0.29, 0.717) is 22.3 Å². The smallest absolute Gasteiger partial charge is 0.260 e. The average Bonchev–Trinajstić information content (AvgIpc) is 2.97. The Morgan fingerprint density at radius 3 is 2.65 bits per heavy atom. The number of aromatic nitrogens is 1. The number of benzene rings is 2. The second-order valence-corrected chi connectivity index (χ2v) is 8.24. The minimum Gasteiger partial charge on any atom is -0.308 e. The van der Waals surface area contributed by atoms with Crippen molar-refractivity contribution in [3.8, 4) is 0 Å². The number of carbonyl (C=O) groups is 1. The standard InChI is InChI=1S/C18H17BrClN3OS.ClH/c1-22(2)8-9-23(17(24)12-4-3-5-13(19)10-12)18-21-15-7-6-14(20)11-16(15)25-18;/h3-7,10-11H,8-9H2,1-2H3;1H. The number of fused-ring (bicyclic) bond motifs is 1. The molecule has 0 bridgehead atoms. The highest BCUT2D eigenvalue weighted by Gasteiger charge is 2.21. The van der Waals surface area contributed by atoms with Crippen LogP contribution in [0.1, 0.15) is 10.4 Å². The Kier molecular flexibility index (Phi) is 7.43. The van der Waals surface area contributed by atoms with Gasteiger partial charge in [-0.2, -0.15) is 0 Å². The maximum absolute atomic E-state index is 13.1. The highest BCUT2D eigenvalue weighted by molar-refractivity contribution is 9.10. The number of thiazole rings is 1. The van der Waals surface area contributed by atoms with Crippen molar-refractivity contribution in [1.82, 2.24) is 9.88 Å². The van der Waals surface area contributed by atoms with Gasteiger partial charge in [-0.05, 0) is 50.5 Å². The van der Waals surface area contributed by atoms with E-state index >= 15 is 0 Å². The first-order valence-corrected chi connectivity index (χ1v) is 9.71. The topological polar surface area (TPSA) is 36.4 Å². The number of anilines is 1. The van der Waals surface area contributed by atoms with E-state index in [4.69, 9.17) is 11.6 Å². The van der Waals surface area contributed by atoms with E-state index in [-0.39, 0.29) is 18.3 Å². The number of likely N-dealkylation sites (N-methyl/N-ethyl adjacent to an activating group) is 1. The Hall–Kier alpha value is -1.18. The fourth-order valence-electron chi connectivity index (χ4n) is 2.36. The van der Waals surface area contributed by atoms with Crippen molar-refractivity contribution in [2.45, 2.75) is 0 Å². The lowest BCUT2D eigenvalue weighted by Crippen LogP contribution is -2.36. The van der Waals surface area contributed by atoms with Gasteiger partial charge in [0.15, 0.2) is 5.13 Å². The van der Waals surface area contributed by atoms with Crippen LogP contribution in [0.5, 0.6) is 0 Å². The minimum atomic E-state index is -0.0618. The highest BCUT2D eigenvalue weighted by atomic mass is 79.9. The largest absolute Gasteiger partial charge is 0.308 e. The number of rotatable bonds is 5. The zero-order valence-corrected chi connectivity index (χ0v) is 18.3. The van der Waals surface area contributed by atoms with Gasteiger partial charge in [-0.3, -0.25) is 9.69 Å². The normalized spacial score (nSPS) is 10.8. The maximum atomic E-state index is 13.1. The number of hydrogen-bond acceptors (Lipinski definition) is 4.